The second-order valence-corrected chi connectivity index (χ2v) is 5.77. The summed E-state index contributed by atoms with van der Waals surface area (Å²) in [6.45, 7) is 1.45. The number of hydrogen-bond donors (Lipinski definition) is 3. The van der Waals surface area contributed by atoms with Gasteiger partial charge in [0.2, 0.25) is 0 Å². The zero-order valence-electron chi connectivity index (χ0n) is 12.2. The maximum Gasteiger partial charge on any atom is 0.251 e. The Balaban J connectivity index is 1.82. The van der Waals surface area contributed by atoms with Gasteiger partial charge in [-0.3, -0.25) is 4.79 Å². The number of likely N-dealkylation sites (N-methyl/N-ethyl adjacent to an activating group) is 1. The van der Waals surface area contributed by atoms with Gasteiger partial charge in [0.25, 0.3) is 5.91 Å². The number of halogens is 1. The summed E-state index contributed by atoms with van der Waals surface area (Å²) in [6.07, 6.45) is 5.14. The summed E-state index contributed by atoms with van der Waals surface area (Å²) in [5.74, 6) is 5.49. The van der Waals surface area contributed by atoms with E-state index < -0.39 is 0 Å². The van der Waals surface area contributed by atoms with Crippen molar-refractivity contribution in [1.82, 2.24) is 15.2 Å². The highest BCUT2D eigenvalue weighted by Gasteiger charge is 2.19. The molecule has 4 N–H and O–H groups in total. The molecule has 0 unspecified atom stereocenters. The third kappa shape index (κ3) is 4.56. The van der Waals surface area contributed by atoms with E-state index in [1.54, 1.807) is 6.07 Å². The minimum atomic E-state index is -0.171. The molecule has 1 saturated carbocycles. The van der Waals surface area contributed by atoms with Gasteiger partial charge in [-0.15, -0.1) is 0 Å². The summed E-state index contributed by atoms with van der Waals surface area (Å²) in [7, 11) is 2.11. The van der Waals surface area contributed by atoms with Crippen LogP contribution in [0, 0.1) is 0 Å². The number of nitrogen functional groups attached to an aromatic ring is 1. The van der Waals surface area contributed by atoms with Crippen LogP contribution in [0.4, 0.5) is 5.82 Å². The number of pyridine rings is 1. The lowest BCUT2D eigenvalue weighted by Gasteiger charge is -2.23. The van der Waals surface area contributed by atoms with Crippen molar-refractivity contribution in [1.29, 1.82) is 0 Å². The molecule has 21 heavy (non-hydrogen) atoms. The van der Waals surface area contributed by atoms with Gasteiger partial charge in [-0.05, 0) is 32.0 Å². The van der Waals surface area contributed by atoms with Gasteiger partial charge >= 0.3 is 0 Å². The van der Waals surface area contributed by atoms with E-state index in [0.717, 1.165) is 6.54 Å². The third-order valence-electron chi connectivity index (χ3n) is 3.90. The van der Waals surface area contributed by atoms with Crippen molar-refractivity contribution in [3.63, 3.8) is 0 Å². The van der Waals surface area contributed by atoms with E-state index >= 15 is 0 Å². The summed E-state index contributed by atoms with van der Waals surface area (Å²) < 4.78 is 0. The first-order valence-corrected chi connectivity index (χ1v) is 7.60. The fourth-order valence-electron chi connectivity index (χ4n) is 2.68. The van der Waals surface area contributed by atoms with Gasteiger partial charge < -0.3 is 15.6 Å². The number of nitrogens with one attached hydrogen (secondary N) is 2. The molecule has 1 aromatic rings. The Labute approximate surface area is 130 Å². The first-order chi connectivity index (χ1) is 10.1. The van der Waals surface area contributed by atoms with Crippen LogP contribution in [0.5, 0.6) is 0 Å². The van der Waals surface area contributed by atoms with E-state index in [9.17, 15) is 4.79 Å². The Kier molecular flexibility index (Phi) is 5.78. The van der Waals surface area contributed by atoms with Crippen molar-refractivity contribution < 1.29 is 4.79 Å². The minimum absolute atomic E-state index is 0.171. The number of rotatable bonds is 6. The first kappa shape index (κ1) is 16.0. The highest BCUT2D eigenvalue weighted by atomic mass is 35.5. The number of carbonyl (C=O) groups is 1. The molecule has 1 fully saturated rings. The molecule has 1 amide bonds. The van der Waals surface area contributed by atoms with Crippen LogP contribution in [0.25, 0.3) is 0 Å². The van der Waals surface area contributed by atoms with E-state index in [0.29, 0.717) is 24.0 Å². The summed E-state index contributed by atoms with van der Waals surface area (Å²) in [4.78, 5) is 18.3. The molecule has 0 aliphatic heterocycles. The van der Waals surface area contributed by atoms with Crippen LogP contribution in [0.1, 0.15) is 36.0 Å². The van der Waals surface area contributed by atoms with E-state index in [4.69, 9.17) is 17.4 Å². The average Bonchev–Trinajstić information content (AvgIpc) is 3.00. The second kappa shape index (κ2) is 7.59. The van der Waals surface area contributed by atoms with Gasteiger partial charge in [0.1, 0.15) is 11.0 Å². The van der Waals surface area contributed by atoms with Crippen LogP contribution in [0.15, 0.2) is 12.1 Å². The van der Waals surface area contributed by atoms with Crippen molar-refractivity contribution in [3.05, 3.63) is 22.8 Å². The lowest BCUT2D eigenvalue weighted by molar-refractivity contribution is 0.0947. The predicted molar refractivity (Wildman–Crippen MR) is 84.3 cm³/mol. The topological polar surface area (TPSA) is 83.3 Å². The van der Waals surface area contributed by atoms with Crippen LogP contribution in [0.2, 0.25) is 5.15 Å². The molecule has 0 saturated heterocycles. The molecule has 1 aliphatic rings. The van der Waals surface area contributed by atoms with Crippen molar-refractivity contribution in [2.24, 2.45) is 5.84 Å². The summed E-state index contributed by atoms with van der Waals surface area (Å²) in [6, 6.07) is 3.76. The van der Waals surface area contributed by atoms with E-state index in [2.05, 4.69) is 27.7 Å². The van der Waals surface area contributed by atoms with Gasteiger partial charge in [-0.1, -0.05) is 24.4 Å². The molecule has 0 radical (unpaired) electrons. The summed E-state index contributed by atoms with van der Waals surface area (Å²) >= 11 is 5.85. The predicted octanol–water partition coefficient (Wildman–Crippen LogP) is 1.62. The lowest BCUT2D eigenvalue weighted by atomic mass is 10.2. The number of hydrazine groups is 1. The van der Waals surface area contributed by atoms with Crippen LogP contribution >= 0.6 is 11.6 Å². The van der Waals surface area contributed by atoms with Crippen molar-refractivity contribution in [3.8, 4) is 0 Å². The first-order valence-electron chi connectivity index (χ1n) is 7.23. The molecule has 2 rings (SSSR count). The van der Waals surface area contributed by atoms with Crippen molar-refractivity contribution in [2.45, 2.75) is 31.7 Å². The average molecular weight is 312 g/mol. The third-order valence-corrected chi connectivity index (χ3v) is 4.10. The van der Waals surface area contributed by atoms with Crippen LogP contribution in [0.3, 0.4) is 0 Å². The van der Waals surface area contributed by atoms with Crippen LogP contribution < -0.4 is 16.6 Å². The molecule has 1 heterocycles. The maximum absolute atomic E-state index is 12.1. The molecule has 0 atom stereocenters. The number of amides is 1. The normalized spacial score (nSPS) is 15.4. The van der Waals surface area contributed by atoms with Gasteiger partial charge in [0, 0.05) is 24.7 Å². The zero-order valence-corrected chi connectivity index (χ0v) is 13.0. The summed E-state index contributed by atoms with van der Waals surface area (Å²) in [5, 5.41) is 3.13. The number of aromatic nitrogens is 1. The highest BCUT2D eigenvalue weighted by molar-refractivity contribution is 6.29. The quantitative estimate of drug-likeness (QED) is 0.422. The molecule has 7 heteroatoms. The molecule has 116 valence electrons. The Hall–Kier alpha value is -1.37. The highest BCUT2D eigenvalue weighted by Crippen LogP contribution is 2.21. The van der Waals surface area contributed by atoms with E-state index in [-0.39, 0.29) is 11.1 Å². The fourth-order valence-corrected chi connectivity index (χ4v) is 2.89. The maximum atomic E-state index is 12.1. The largest absolute Gasteiger partial charge is 0.351 e. The van der Waals surface area contributed by atoms with E-state index in [1.165, 1.54) is 31.7 Å². The number of hydrogen-bond acceptors (Lipinski definition) is 5. The van der Waals surface area contributed by atoms with Gasteiger partial charge in [0.05, 0.1) is 0 Å². The van der Waals surface area contributed by atoms with E-state index in [1.807, 2.05) is 0 Å². The molecule has 0 bridgehead atoms. The molecule has 6 nitrogen and oxygen atoms in total. The molecule has 0 spiro atoms. The SMILES string of the molecule is CN(CCNC(=O)c1cc(Cl)nc(NN)c1)C1CCCC1. The molecular formula is C14H22ClN5O. The summed E-state index contributed by atoms with van der Waals surface area (Å²) in [5.41, 5.74) is 2.84. The molecule has 0 aromatic carbocycles. The Morgan fingerprint density at radius 1 is 1.48 bits per heavy atom. The monoisotopic (exact) mass is 311 g/mol. The number of nitrogens with zero attached hydrogens (tertiary/aromatic N) is 2. The molecular weight excluding hydrogens is 290 g/mol. The van der Waals surface area contributed by atoms with Gasteiger partial charge in [-0.2, -0.15) is 0 Å². The number of nitrogens with two attached hydrogens (primary N) is 1. The second-order valence-electron chi connectivity index (χ2n) is 5.38. The van der Waals surface area contributed by atoms with Gasteiger partial charge in [-0.25, -0.2) is 10.8 Å². The van der Waals surface area contributed by atoms with Crippen LogP contribution in [-0.4, -0.2) is 42.0 Å². The minimum Gasteiger partial charge on any atom is -0.351 e. The van der Waals surface area contributed by atoms with Crippen molar-refractivity contribution >= 4 is 23.3 Å². The fraction of sp³-hybridized carbons (Fsp3) is 0.571. The van der Waals surface area contributed by atoms with Crippen LogP contribution in [-0.2, 0) is 0 Å². The standard InChI is InChI=1S/C14H22ClN5O/c1-20(11-4-2-3-5-11)7-6-17-14(21)10-8-12(15)18-13(9-10)19-16/h8-9,11H,2-7,16H2,1H3,(H,17,21)(H,18,19). The molecule has 1 aliphatic carbocycles. The van der Waals surface area contributed by atoms with Gasteiger partial charge in [0.15, 0.2) is 0 Å². The Morgan fingerprint density at radius 2 is 2.19 bits per heavy atom. The Morgan fingerprint density at radius 3 is 2.86 bits per heavy atom. The van der Waals surface area contributed by atoms with Crippen molar-refractivity contribution in [2.75, 3.05) is 25.6 Å². The molecule has 1 aromatic heterocycles. The lowest BCUT2D eigenvalue weighted by Crippen LogP contribution is -2.37. The number of anilines is 1. The zero-order chi connectivity index (χ0) is 15.2. The number of carbonyl (C=O) groups excluding carboxylic acids is 1. The Bertz CT molecular complexity index is 490. The smallest absolute Gasteiger partial charge is 0.251 e.